The third-order valence-electron chi connectivity index (χ3n) is 4.89. The lowest BCUT2D eigenvalue weighted by Gasteiger charge is -2.60. The number of unbranched alkanes of at least 4 members (excludes halogenated alkanes) is 1. The quantitative estimate of drug-likeness (QED) is 0.538. The van der Waals surface area contributed by atoms with Gasteiger partial charge in [-0.05, 0) is 52.0 Å². The van der Waals surface area contributed by atoms with Crippen molar-refractivity contribution < 1.29 is 9.53 Å². The van der Waals surface area contributed by atoms with Gasteiger partial charge in [-0.1, -0.05) is 12.8 Å². The predicted molar refractivity (Wildman–Crippen MR) is 72.4 cm³/mol. The number of carbonyl (C=O) groups excluding carboxylic acids is 1. The fraction of sp³-hybridized carbons (Fsp3) is 0.933. The van der Waals surface area contributed by atoms with Crippen LogP contribution in [-0.2, 0) is 9.53 Å². The van der Waals surface area contributed by atoms with E-state index in [1.807, 2.05) is 6.92 Å². The van der Waals surface area contributed by atoms with Gasteiger partial charge in [0.25, 0.3) is 0 Å². The summed E-state index contributed by atoms with van der Waals surface area (Å²) in [5, 5.41) is 0. The second-order valence-electron chi connectivity index (χ2n) is 6.01. The van der Waals surface area contributed by atoms with Gasteiger partial charge in [0.05, 0.1) is 6.61 Å². The molecule has 0 bridgehead atoms. The van der Waals surface area contributed by atoms with Crippen LogP contribution >= 0.6 is 0 Å². The molecule has 0 unspecified atom stereocenters. The van der Waals surface area contributed by atoms with Crippen molar-refractivity contribution in [1.29, 1.82) is 0 Å². The zero-order chi connectivity index (χ0) is 13.0. The number of esters is 1. The van der Waals surface area contributed by atoms with Crippen LogP contribution in [0.2, 0.25) is 0 Å². The summed E-state index contributed by atoms with van der Waals surface area (Å²) in [5.41, 5.74) is 0.488. The van der Waals surface area contributed by atoms with Gasteiger partial charge >= 0.3 is 5.97 Å². The molecular weight excluding hydrogens is 226 g/mol. The van der Waals surface area contributed by atoms with Crippen molar-refractivity contribution in [3.63, 3.8) is 0 Å². The second-order valence-corrected chi connectivity index (χ2v) is 6.01. The topological polar surface area (TPSA) is 29.5 Å². The van der Waals surface area contributed by atoms with Crippen molar-refractivity contribution in [1.82, 2.24) is 4.90 Å². The highest BCUT2D eigenvalue weighted by Crippen LogP contribution is 2.46. The minimum atomic E-state index is -0.0390. The van der Waals surface area contributed by atoms with Gasteiger partial charge in [-0.3, -0.25) is 9.69 Å². The lowest BCUT2D eigenvalue weighted by Crippen LogP contribution is -2.66. The van der Waals surface area contributed by atoms with Gasteiger partial charge in [0, 0.05) is 18.5 Å². The van der Waals surface area contributed by atoms with Crippen molar-refractivity contribution in [3.05, 3.63) is 0 Å². The van der Waals surface area contributed by atoms with E-state index >= 15 is 0 Å². The number of fused-ring (bicyclic) bond motifs is 1. The Morgan fingerprint density at radius 1 is 1.39 bits per heavy atom. The van der Waals surface area contributed by atoms with Crippen LogP contribution in [0.3, 0.4) is 0 Å². The Kier molecular flexibility index (Phi) is 4.66. The molecule has 104 valence electrons. The van der Waals surface area contributed by atoms with E-state index in [0.29, 0.717) is 18.6 Å². The molecule has 1 aliphatic heterocycles. The number of ether oxygens (including phenoxy) is 1. The van der Waals surface area contributed by atoms with Crippen molar-refractivity contribution in [2.75, 3.05) is 19.7 Å². The fourth-order valence-electron chi connectivity index (χ4n) is 3.61. The Morgan fingerprint density at radius 2 is 2.22 bits per heavy atom. The van der Waals surface area contributed by atoms with Gasteiger partial charge in [0.1, 0.15) is 0 Å². The minimum Gasteiger partial charge on any atom is -0.466 e. The molecule has 1 saturated heterocycles. The van der Waals surface area contributed by atoms with E-state index in [4.69, 9.17) is 4.74 Å². The summed E-state index contributed by atoms with van der Waals surface area (Å²) in [6, 6.07) is 0. The molecule has 2 atom stereocenters. The van der Waals surface area contributed by atoms with Gasteiger partial charge in [0.2, 0.25) is 0 Å². The maximum absolute atomic E-state index is 11.2. The van der Waals surface area contributed by atoms with Crippen LogP contribution in [0, 0.1) is 5.92 Å². The lowest BCUT2D eigenvalue weighted by molar-refractivity contribution is -0.143. The van der Waals surface area contributed by atoms with E-state index in [1.54, 1.807) is 0 Å². The molecular formula is C15H27NO2. The molecule has 3 heteroatoms. The van der Waals surface area contributed by atoms with Crippen LogP contribution in [0.4, 0.5) is 0 Å². The zero-order valence-electron chi connectivity index (χ0n) is 11.9. The van der Waals surface area contributed by atoms with Crippen molar-refractivity contribution in [2.45, 2.75) is 64.3 Å². The second kappa shape index (κ2) is 6.05. The van der Waals surface area contributed by atoms with E-state index in [9.17, 15) is 4.79 Å². The molecule has 0 aromatic rings. The number of likely N-dealkylation sites (tertiary alicyclic amines) is 1. The number of hydrogen-bond donors (Lipinski definition) is 0. The van der Waals surface area contributed by atoms with Crippen LogP contribution < -0.4 is 0 Å². The molecule has 0 N–H and O–H groups in total. The summed E-state index contributed by atoms with van der Waals surface area (Å²) in [6.07, 6.45) is 8.30. The summed E-state index contributed by atoms with van der Waals surface area (Å²) >= 11 is 0. The number of carbonyl (C=O) groups is 1. The third kappa shape index (κ3) is 2.87. The molecule has 0 spiro atoms. The standard InChI is InChI=1S/C15H27NO2/c1-3-18-14(17)9-5-7-11-16-12-13-8-4-6-10-15(13,16)2/h13H,3-12H2,1-2H3/t13-,15-/m0/s1. The van der Waals surface area contributed by atoms with Gasteiger partial charge in [-0.25, -0.2) is 0 Å². The van der Waals surface area contributed by atoms with Gasteiger partial charge in [-0.15, -0.1) is 0 Å². The molecule has 0 radical (unpaired) electrons. The van der Waals surface area contributed by atoms with E-state index < -0.39 is 0 Å². The van der Waals surface area contributed by atoms with Crippen molar-refractivity contribution in [2.24, 2.45) is 5.92 Å². The Balaban J connectivity index is 1.62. The lowest BCUT2D eigenvalue weighted by atomic mass is 9.66. The van der Waals surface area contributed by atoms with Crippen LogP contribution in [0.1, 0.15) is 58.8 Å². The molecule has 1 heterocycles. The van der Waals surface area contributed by atoms with Crippen molar-refractivity contribution in [3.8, 4) is 0 Å². The molecule has 2 rings (SSSR count). The van der Waals surface area contributed by atoms with E-state index in [2.05, 4.69) is 11.8 Å². The summed E-state index contributed by atoms with van der Waals surface area (Å²) in [6.45, 7) is 7.25. The maximum atomic E-state index is 11.2. The van der Waals surface area contributed by atoms with Crippen LogP contribution in [0.15, 0.2) is 0 Å². The normalized spacial score (nSPS) is 31.6. The summed E-state index contributed by atoms with van der Waals surface area (Å²) < 4.78 is 4.94. The monoisotopic (exact) mass is 253 g/mol. The molecule has 0 amide bonds. The highest BCUT2D eigenvalue weighted by atomic mass is 16.5. The first-order valence-corrected chi connectivity index (χ1v) is 7.57. The van der Waals surface area contributed by atoms with E-state index in [-0.39, 0.29) is 5.97 Å². The SMILES string of the molecule is CCOC(=O)CCCCN1C[C@@H]2CCCC[C@@]21C. The Labute approximate surface area is 111 Å². The molecule has 0 aromatic heterocycles. The maximum Gasteiger partial charge on any atom is 0.305 e. The number of hydrogen-bond acceptors (Lipinski definition) is 3. The zero-order valence-corrected chi connectivity index (χ0v) is 11.9. The predicted octanol–water partition coefficient (Wildman–Crippen LogP) is 2.98. The summed E-state index contributed by atoms with van der Waals surface area (Å²) in [5.74, 6) is 0.902. The highest BCUT2D eigenvalue weighted by molar-refractivity contribution is 5.69. The van der Waals surface area contributed by atoms with Crippen LogP contribution in [0.25, 0.3) is 0 Å². The average Bonchev–Trinajstić information content (AvgIpc) is 2.34. The molecule has 1 aliphatic carbocycles. The Hall–Kier alpha value is -0.570. The molecule has 1 saturated carbocycles. The largest absolute Gasteiger partial charge is 0.466 e. The first-order valence-electron chi connectivity index (χ1n) is 7.57. The Bertz CT molecular complexity index is 292. The summed E-state index contributed by atoms with van der Waals surface area (Å²) in [4.78, 5) is 13.9. The molecule has 2 fully saturated rings. The third-order valence-corrected chi connectivity index (χ3v) is 4.89. The summed E-state index contributed by atoms with van der Waals surface area (Å²) in [7, 11) is 0. The first-order chi connectivity index (χ1) is 8.66. The van der Waals surface area contributed by atoms with E-state index in [0.717, 1.165) is 25.3 Å². The minimum absolute atomic E-state index is 0.0390. The molecule has 3 nitrogen and oxygen atoms in total. The van der Waals surface area contributed by atoms with Crippen molar-refractivity contribution >= 4 is 5.97 Å². The number of nitrogens with zero attached hydrogens (tertiary/aromatic N) is 1. The highest BCUT2D eigenvalue weighted by Gasteiger charge is 2.49. The van der Waals surface area contributed by atoms with Crippen LogP contribution in [-0.4, -0.2) is 36.1 Å². The smallest absolute Gasteiger partial charge is 0.305 e. The molecule has 2 aliphatic rings. The van der Waals surface area contributed by atoms with Gasteiger partial charge < -0.3 is 4.74 Å². The van der Waals surface area contributed by atoms with Gasteiger partial charge in [0.15, 0.2) is 0 Å². The average molecular weight is 253 g/mol. The number of rotatable bonds is 6. The molecule has 0 aromatic carbocycles. The van der Waals surface area contributed by atoms with Crippen LogP contribution in [0.5, 0.6) is 0 Å². The Morgan fingerprint density at radius 3 is 2.94 bits per heavy atom. The van der Waals surface area contributed by atoms with Gasteiger partial charge in [-0.2, -0.15) is 0 Å². The fourth-order valence-corrected chi connectivity index (χ4v) is 3.61. The van der Waals surface area contributed by atoms with E-state index in [1.165, 1.54) is 32.2 Å². The molecule has 18 heavy (non-hydrogen) atoms. The first kappa shape index (κ1) is 13.9.